The Kier molecular flexibility index (Phi) is 3.96. The summed E-state index contributed by atoms with van der Waals surface area (Å²) in [7, 11) is -2.10. The lowest BCUT2D eigenvalue weighted by atomic mass is 10.1. The quantitative estimate of drug-likeness (QED) is 0.851. The van der Waals surface area contributed by atoms with Gasteiger partial charge in [0.25, 0.3) is 0 Å². The van der Waals surface area contributed by atoms with Crippen molar-refractivity contribution in [1.82, 2.24) is 9.29 Å². The number of nitrogens with one attached hydrogen (secondary N) is 1. The van der Waals surface area contributed by atoms with E-state index in [4.69, 9.17) is 5.11 Å². The largest absolute Gasteiger partial charge is 0.477 e. The average Bonchev–Trinajstić information content (AvgIpc) is 2.95. The van der Waals surface area contributed by atoms with Crippen molar-refractivity contribution >= 4 is 16.0 Å². The molecule has 0 radical (unpaired) electrons. The predicted molar refractivity (Wildman–Crippen MR) is 69.5 cm³/mol. The van der Waals surface area contributed by atoms with Gasteiger partial charge in [-0.15, -0.1) is 0 Å². The summed E-state index contributed by atoms with van der Waals surface area (Å²) in [6.07, 6.45) is 5.73. The van der Waals surface area contributed by atoms with E-state index in [-0.39, 0.29) is 10.6 Å². The highest BCUT2D eigenvalue weighted by atomic mass is 32.2. The number of aromatic carboxylic acids is 1. The lowest BCUT2D eigenvalue weighted by molar-refractivity contribution is 0.0686. The minimum absolute atomic E-state index is 0.00500. The molecule has 0 aromatic carbocycles. The van der Waals surface area contributed by atoms with E-state index >= 15 is 0 Å². The van der Waals surface area contributed by atoms with E-state index in [1.807, 2.05) is 0 Å². The first kappa shape index (κ1) is 14.1. The van der Waals surface area contributed by atoms with Gasteiger partial charge in [-0.05, 0) is 24.8 Å². The van der Waals surface area contributed by atoms with Crippen LogP contribution in [0.3, 0.4) is 0 Å². The second-order valence-corrected chi connectivity index (χ2v) is 6.75. The van der Waals surface area contributed by atoms with Gasteiger partial charge in [0.15, 0.2) is 0 Å². The molecule has 1 aromatic heterocycles. The Morgan fingerprint density at radius 2 is 2.11 bits per heavy atom. The van der Waals surface area contributed by atoms with Gasteiger partial charge in [0.1, 0.15) is 10.6 Å². The van der Waals surface area contributed by atoms with Gasteiger partial charge in [-0.1, -0.05) is 12.8 Å². The average molecular weight is 286 g/mol. The van der Waals surface area contributed by atoms with Crippen LogP contribution in [-0.2, 0) is 17.1 Å². The molecule has 0 amide bonds. The third kappa shape index (κ3) is 3.16. The first-order chi connectivity index (χ1) is 8.90. The van der Waals surface area contributed by atoms with Gasteiger partial charge in [0.2, 0.25) is 10.0 Å². The second kappa shape index (κ2) is 5.34. The first-order valence-corrected chi connectivity index (χ1v) is 7.78. The van der Waals surface area contributed by atoms with Crippen LogP contribution in [0.1, 0.15) is 36.2 Å². The molecule has 19 heavy (non-hydrogen) atoms. The van der Waals surface area contributed by atoms with Crippen LogP contribution >= 0.6 is 0 Å². The molecule has 0 spiro atoms. The molecular weight excluding hydrogens is 268 g/mol. The van der Waals surface area contributed by atoms with E-state index in [9.17, 15) is 13.2 Å². The summed E-state index contributed by atoms with van der Waals surface area (Å²) in [5.41, 5.74) is -0.0405. The summed E-state index contributed by atoms with van der Waals surface area (Å²) >= 11 is 0. The summed E-state index contributed by atoms with van der Waals surface area (Å²) in [5, 5.41) is 8.91. The predicted octanol–water partition coefficient (Wildman–Crippen LogP) is 1.19. The highest BCUT2D eigenvalue weighted by Crippen LogP contribution is 2.24. The minimum atomic E-state index is -3.62. The van der Waals surface area contributed by atoms with Crippen molar-refractivity contribution in [3.05, 3.63) is 18.0 Å². The standard InChI is InChI=1S/C12H18N2O4S/c1-14-8-10(6-11(14)12(15)16)19(17,18)13-7-9-4-2-3-5-9/h6,8-9,13H,2-5,7H2,1H3,(H,15,16). The molecule has 1 saturated carbocycles. The number of aromatic nitrogens is 1. The Bertz CT molecular complexity index is 571. The van der Waals surface area contributed by atoms with Crippen molar-refractivity contribution in [2.45, 2.75) is 30.6 Å². The molecule has 0 bridgehead atoms. The number of hydrogen-bond acceptors (Lipinski definition) is 3. The Hall–Kier alpha value is -1.34. The smallest absolute Gasteiger partial charge is 0.352 e. The Morgan fingerprint density at radius 3 is 2.63 bits per heavy atom. The van der Waals surface area contributed by atoms with Gasteiger partial charge in [0, 0.05) is 19.8 Å². The zero-order chi connectivity index (χ0) is 14.0. The fourth-order valence-corrected chi connectivity index (χ4v) is 3.60. The molecule has 7 heteroatoms. The van der Waals surface area contributed by atoms with Crippen LogP contribution < -0.4 is 4.72 Å². The van der Waals surface area contributed by atoms with E-state index in [0.717, 1.165) is 25.7 Å². The lowest BCUT2D eigenvalue weighted by Crippen LogP contribution is -2.28. The van der Waals surface area contributed by atoms with Crippen molar-refractivity contribution in [1.29, 1.82) is 0 Å². The number of carboxylic acids is 1. The third-order valence-corrected chi connectivity index (χ3v) is 4.94. The van der Waals surface area contributed by atoms with Crippen LogP contribution in [0.15, 0.2) is 17.2 Å². The molecular formula is C12H18N2O4S. The van der Waals surface area contributed by atoms with Crippen LogP contribution in [0.5, 0.6) is 0 Å². The van der Waals surface area contributed by atoms with Crippen molar-refractivity contribution < 1.29 is 18.3 Å². The molecule has 2 rings (SSSR count). The summed E-state index contributed by atoms with van der Waals surface area (Å²) < 4.78 is 28.0. The van der Waals surface area contributed by atoms with E-state index in [0.29, 0.717) is 12.5 Å². The maximum atomic E-state index is 12.1. The SMILES string of the molecule is Cn1cc(S(=O)(=O)NCC2CCCC2)cc1C(=O)O. The maximum absolute atomic E-state index is 12.1. The molecule has 1 heterocycles. The van der Waals surface area contributed by atoms with Crippen LogP contribution in [-0.4, -0.2) is 30.6 Å². The first-order valence-electron chi connectivity index (χ1n) is 6.29. The Labute approximate surface area is 112 Å². The summed E-state index contributed by atoms with van der Waals surface area (Å²) in [5.74, 6) is -0.739. The monoisotopic (exact) mass is 286 g/mol. The van der Waals surface area contributed by atoms with E-state index < -0.39 is 16.0 Å². The summed E-state index contributed by atoms with van der Waals surface area (Å²) in [6, 6.07) is 1.18. The van der Waals surface area contributed by atoms with Gasteiger partial charge >= 0.3 is 5.97 Å². The van der Waals surface area contributed by atoms with Crippen molar-refractivity contribution in [3.63, 3.8) is 0 Å². The minimum Gasteiger partial charge on any atom is -0.477 e. The fourth-order valence-electron chi connectivity index (χ4n) is 2.42. The summed E-state index contributed by atoms with van der Waals surface area (Å²) in [4.78, 5) is 10.9. The number of hydrogen-bond donors (Lipinski definition) is 2. The number of sulfonamides is 1. The van der Waals surface area contributed by atoms with Crippen LogP contribution in [0.4, 0.5) is 0 Å². The number of aryl methyl sites for hydroxylation is 1. The highest BCUT2D eigenvalue weighted by molar-refractivity contribution is 7.89. The van der Waals surface area contributed by atoms with Gasteiger partial charge in [0.05, 0.1) is 0 Å². The molecule has 6 nitrogen and oxygen atoms in total. The molecule has 0 unspecified atom stereocenters. The molecule has 106 valence electrons. The molecule has 2 N–H and O–H groups in total. The molecule has 0 atom stereocenters. The number of rotatable bonds is 5. The van der Waals surface area contributed by atoms with E-state index in [2.05, 4.69) is 4.72 Å². The van der Waals surface area contributed by atoms with Crippen molar-refractivity contribution in [3.8, 4) is 0 Å². The van der Waals surface area contributed by atoms with E-state index in [1.54, 1.807) is 0 Å². The lowest BCUT2D eigenvalue weighted by Gasteiger charge is -2.10. The number of carbonyl (C=O) groups is 1. The van der Waals surface area contributed by atoms with Gasteiger partial charge in [-0.3, -0.25) is 0 Å². The fraction of sp³-hybridized carbons (Fsp3) is 0.583. The van der Waals surface area contributed by atoms with Crippen molar-refractivity contribution in [2.24, 2.45) is 13.0 Å². The van der Waals surface area contributed by atoms with E-state index in [1.165, 1.54) is 23.9 Å². The third-order valence-electron chi connectivity index (χ3n) is 3.55. The molecule has 0 aliphatic heterocycles. The molecule has 0 saturated heterocycles. The molecule has 1 fully saturated rings. The molecule has 1 aliphatic carbocycles. The zero-order valence-corrected chi connectivity index (χ0v) is 11.6. The van der Waals surface area contributed by atoms with Crippen LogP contribution in [0, 0.1) is 5.92 Å². The van der Waals surface area contributed by atoms with Crippen LogP contribution in [0.2, 0.25) is 0 Å². The highest BCUT2D eigenvalue weighted by Gasteiger charge is 2.22. The van der Waals surface area contributed by atoms with Crippen LogP contribution in [0.25, 0.3) is 0 Å². The summed E-state index contributed by atoms with van der Waals surface area (Å²) in [6.45, 7) is 0.430. The number of carboxylic acid groups (broad SMARTS) is 1. The van der Waals surface area contributed by atoms with Gasteiger partial charge < -0.3 is 9.67 Å². The van der Waals surface area contributed by atoms with Gasteiger partial charge in [-0.2, -0.15) is 0 Å². The zero-order valence-electron chi connectivity index (χ0n) is 10.8. The second-order valence-electron chi connectivity index (χ2n) is 4.98. The Morgan fingerprint density at radius 1 is 1.47 bits per heavy atom. The molecule has 1 aliphatic rings. The maximum Gasteiger partial charge on any atom is 0.352 e. The van der Waals surface area contributed by atoms with Crippen molar-refractivity contribution in [2.75, 3.05) is 6.54 Å². The Balaban J connectivity index is 2.10. The topological polar surface area (TPSA) is 88.4 Å². The number of nitrogens with zero attached hydrogens (tertiary/aromatic N) is 1. The normalized spacial score (nSPS) is 16.9. The molecule has 1 aromatic rings. The van der Waals surface area contributed by atoms with Gasteiger partial charge in [-0.25, -0.2) is 17.9 Å².